The molecule has 0 unspecified atom stereocenters. The topological polar surface area (TPSA) is 35.0 Å². The van der Waals surface area contributed by atoms with Crippen LogP contribution in [0.3, 0.4) is 0 Å². The molecule has 1 heterocycles. The largest absolute Gasteiger partial charge is 0.496 e. The van der Waals surface area contributed by atoms with E-state index < -0.39 is 0 Å². The van der Waals surface area contributed by atoms with Crippen LogP contribution in [0.4, 0.5) is 4.39 Å². The van der Waals surface area contributed by atoms with Gasteiger partial charge < -0.3 is 4.74 Å². The summed E-state index contributed by atoms with van der Waals surface area (Å²) in [5.74, 6) is 1.16. The van der Waals surface area contributed by atoms with Gasteiger partial charge in [0.05, 0.1) is 13.3 Å². The maximum absolute atomic E-state index is 13.8. The fraction of sp³-hybridized carbons (Fsp3) is 0.0714. The summed E-state index contributed by atoms with van der Waals surface area (Å²) in [5.41, 5.74) is 4.06. The molecule has 0 atom stereocenters. The van der Waals surface area contributed by atoms with Gasteiger partial charge in [-0.15, -0.1) is 16.9 Å². The summed E-state index contributed by atoms with van der Waals surface area (Å²) < 4.78 is 19.5. The van der Waals surface area contributed by atoms with Crippen LogP contribution in [-0.2, 0) is 5.75 Å². The Morgan fingerprint density at radius 1 is 0.912 bits per heavy atom. The molecule has 0 spiro atoms. The lowest BCUT2D eigenvalue weighted by molar-refractivity contribution is 0.416. The van der Waals surface area contributed by atoms with Gasteiger partial charge in [-0.1, -0.05) is 60.1 Å². The maximum atomic E-state index is 13.8. The fourth-order valence-electron chi connectivity index (χ4n) is 3.88. The maximum Gasteiger partial charge on any atom is 0.129 e. The third-order valence-corrected chi connectivity index (χ3v) is 6.94. The first-order valence-corrected chi connectivity index (χ1v) is 12.0. The average Bonchev–Trinajstić information content (AvgIpc) is 2.87. The minimum Gasteiger partial charge on any atom is -0.496 e. The Balaban J connectivity index is 1.52. The third-order valence-electron chi connectivity index (χ3n) is 5.56. The minimum absolute atomic E-state index is 0.322. The molecule has 1 aromatic heterocycles. The van der Waals surface area contributed by atoms with E-state index in [0.29, 0.717) is 27.6 Å². The van der Waals surface area contributed by atoms with Gasteiger partial charge in [0.1, 0.15) is 17.3 Å². The van der Waals surface area contributed by atoms with Crippen molar-refractivity contribution in [1.82, 2.24) is 10.2 Å². The quantitative estimate of drug-likeness (QED) is 0.227. The van der Waals surface area contributed by atoms with Crippen molar-refractivity contribution in [2.45, 2.75) is 10.6 Å². The van der Waals surface area contributed by atoms with Gasteiger partial charge in [-0.25, -0.2) is 4.39 Å². The number of hydrogen-bond acceptors (Lipinski definition) is 4. The number of thioether (sulfide) groups is 1. The zero-order valence-electron chi connectivity index (χ0n) is 18.3. The molecule has 0 fully saturated rings. The van der Waals surface area contributed by atoms with E-state index in [1.807, 2.05) is 24.3 Å². The summed E-state index contributed by atoms with van der Waals surface area (Å²) in [6.07, 6.45) is 1.76. The van der Waals surface area contributed by atoms with Gasteiger partial charge in [0.15, 0.2) is 0 Å². The van der Waals surface area contributed by atoms with Gasteiger partial charge in [-0.3, -0.25) is 0 Å². The van der Waals surface area contributed by atoms with Crippen molar-refractivity contribution in [3.05, 3.63) is 108 Å². The highest BCUT2D eigenvalue weighted by atomic mass is 35.5. The Hall–Kier alpha value is -3.41. The average molecular weight is 487 g/mol. The molecule has 0 saturated carbocycles. The van der Waals surface area contributed by atoms with Crippen molar-refractivity contribution >= 4 is 34.1 Å². The Labute approximate surface area is 206 Å². The summed E-state index contributed by atoms with van der Waals surface area (Å²) in [4.78, 5) is 1.15. The molecule has 0 aliphatic carbocycles. The normalized spacial score (nSPS) is 11.0. The number of rotatable bonds is 6. The molecular formula is C28H20ClFN2OS. The first-order valence-electron chi connectivity index (χ1n) is 10.7. The van der Waals surface area contributed by atoms with Gasteiger partial charge in [-0.05, 0) is 47.5 Å². The molecule has 0 radical (unpaired) electrons. The van der Waals surface area contributed by atoms with Gasteiger partial charge >= 0.3 is 0 Å². The lowest BCUT2D eigenvalue weighted by Crippen LogP contribution is -1.95. The van der Waals surface area contributed by atoms with Crippen molar-refractivity contribution in [1.29, 1.82) is 0 Å². The standard InChI is InChI=1S/C28H20ClFN2OS/c1-33-27-15-24(19-8-5-9-21(30)12-19)26(29)14-25(27)28-23-11-10-22(13-20(23)16-31-32-28)34-17-18-6-3-2-4-7-18/h2-16H,17H2,1H3. The summed E-state index contributed by atoms with van der Waals surface area (Å²) in [6.45, 7) is 0. The second-order valence-electron chi connectivity index (χ2n) is 7.76. The second kappa shape index (κ2) is 9.84. The van der Waals surface area contributed by atoms with Crippen LogP contribution in [0.2, 0.25) is 5.02 Å². The van der Waals surface area contributed by atoms with E-state index in [1.165, 1.54) is 17.7 Å². The smallest absolute Gasteiger partial charge is 0.129 e. The summed E-state index contributed by atoms with van der Waals surface area (Å²) in [6, 6.07) is 26.6. The van der Waals surface area contributed by atoms with Crippen molar-refractivity contribution in [2.75, 3.05) is 7.11 Å². The van der Waals surface area contributed by atoms with Crippen LogP contribution in [-0.4, -0.2) is 17.3 Å². The molecule has 5 rings (SSSR count). The van der Waals surface area contributed by atoms with Crippen molar-refractivity contribution in [2.24, 2.45) is 0 Å². The summed E-state index contributed by atoms with van der Waals surface area (Å²) in [7, 11) is 1.60. The van der Waals surface area contributed by atoms with Crippen molar-refractivity contribution in [3.8, 4) is 28.1 Å². The predicted octanol–water partition coefficient (Wildman–Crippen LogP) is 8.06. The van der Waals surface area contributed by atoms with E-state index >= 15 is 0 Å². The minimum atomic E-state index is -0.322. The highest BCUT2D eigenvalue weighted by Crippen LogP contribution is 2.41. The van der Waals surface area contributed by atoms with Crippen LogP contribution >= 0.6 is 23.4 Å². The molecule has 4 aromatic carbocycles. The summed E-state index contributed by atoms with van der Waals surface area (Å²) in [5, 5.41) is 11.1. The Kier molecular flexibility index (Phi) is 6.48. The Morgan fingerprint density at radius 3 is 2.56 bits per heavy atom. The van der Waals surface area contributed by atoms with E-state index in [-0.39, 0.29) is 5.82 Å². The Bertz CT molecular complexity index is 1480. The molecule has 3 nitrogen and oxygen atoms in total. The molecule has 0 saturated heterocycles. The first kappa shape index (κ1) is 22.4. The molecule has 168 valence electrons. The number of aromatic nitrogens is 2. The van der Waals surface area contributed by atoms with Gasteiger partial charge in [-0.2, -0.15) is 5.10 Å². The Morgan fingerprint density at radius 2 is 1.76 bits per heavy atom. The number of ether oxygens (including phenoxy) is 1. The molecule has 0 aliphatic rings. The van der Waals surface area contributed by atoms with E-state index in [9.17, 15) is 4.39 Å². The lowest BCUT2D eigenvalue weighted by Gasteiger charge is -2.14. The van der Waals surface area contributed by atoms with Gasteiger partial charge in [0.25, 0.3) is 0 Å². The highest BCUT2D eigenvalue weighted by molar-refractivity contribution is 7.98. The molecule has 34 heavy (non-hydrogen) atoms. The number of hydrogen-bond donors (Lipinski definition) is 0. The molecule has 0 bridgehead atoms. The first-order chi connectivity index (χ1) is 16.6. The molecular weight excluding hydrogens is 467 g/mol. The number of nitrogens with zero attached hydrogens (tertiary/aromatic N) is 2. The number of methoxy groups -OCH3 is 1. The third kappa shape index (κ3) is 4.63. The lowest BCUT2D eigenvalue weighted by atomic mass is 9.99. The van der Waals surface area contributed by atoms with E-state index in [4.69, 9.17) is 16.3 Å². The van der Waals surface area contributed by atoms with Crippen LogP contribution in [0.25, 0.3) is 33.2 Å². The van der Waals surface area contributed by atoms with Crippen LogP contribution in [0, 0.1) is 5.82 Å². The van der Waals surface area contributed by atoms with Gasteiger partial charge in [0.2, 0.25) is 0 Å². The molecule has 0 aliphatic heterocycles. The van der Waals surface area contributed by atoms with Crippen molar-refractivity contribution < 1.29 is 9.13 Å². The van der Waals surface area contributed by atoms with Crippen molar-refractivity contribution in [3.63, 3.8) is 0 Å². The highest BCUT2D eigenvalue weighted by Gasteiger charge is 2.17. The van der Waals surface area contributed by atoms with Gasteiger partial charge in [0, 0.05) is 37.6 Å². The number of benzene rings is 4. The number of fused-ring (bicyclic) bond motifs is 1. The van der Waals surface area contributed by atoms with Crippen LogP contribution in [0.5, 0.6) is 5.75 Å². The monoisotopic (exact) mass is 486 g/mol. The van der Waals surface area contributed by atoms with Crippen LogP contribution in [0.1, 0.15) is 5.56 Å². The molecule has 0 amide bonds. The predicted molar refractivity (Wildman–Crippen MR) is 138 cm³/mol. The molecule has 6 heteroatoms. The second-order valence-corrected chi connectivity index (χ2v) is 9.22. The molecule has 5 aromatic rings. The van der Waals surface area contributed by atoms with E-state index in [0.717, 1.165) is 27.0 Å². The summed E-state index contributed by atoms with van der Waals surface area (Å²) >= 11 is 8.42. The zero-order chi connectivity index (χ0) is 23.5. The van der Waals surface area contributed by atoms with Crippen LogP contribution in [0.15, 0.2) is 96.0 Å². The fourth-order valence-corrected chi connectivity index (χ4v) is 5.05. The van der Waals surface area contributed by atoms with E-state index in [1.54, 1.807) is 31.1 Å². The van der Waals surface area contributed by atoms with E-state index in [2.05, 4.69) is 52.7 Å². The van der Waals surface area contributed by atoms with Crippen LogP contribution < -0.4 is 4.74 Å². The SMILES string of the molecule is COc1cc(-c2cccc(F)c2)c(Cl)cc1-c1nncc2cc(SCc3ccccc3)ccc12. The molecule has 0 N–H and O–H groups in total. The zero-order valence-corrected chi connectivity index (χ0v) is 19.9. The number of halogens is 2.